The van der Waals surface area contributed by atoms with Crippen molar-refractivity contribution in [2.75, 3.05) is 31.4 Å². The van der Waals surface area contributed by atoms with Gasteiger partial charge in [0.15, 0.2) is 15.0 Å². The predicted octanol–water partition coefficient (Wildman–Crippen LogP) is 5.12. The lowest BCUT2D eigenvalue weighted by Gasteiger charge is -2.15. The summed E-state index contributed by atoms with van der Waals surface area (Å²) in [4.78, 5) is 17.6. The van der Waals surface area contributed by atoms with Gasteiger partial charge >= 0.3 is 7.60 Å². The molecule has 212 valence electrons. The molecule has 1 atom stereocenters. The van der Waals surface area contributed by atoms with Gasteiger partial charge in [-0.05, 0) is 57.2 Å². The first-order valence-electron chi connectivity index (χ1n) is 12.0. The number of carbonyl (C=O) groups is 1. The van der Waals surface area contributed by atoms with E-state index in [1.165, 1.54) is 36.4 Å². The van der Waals surface area contributed by atoms with Crippen LogP contribution >= 0.6 is 18.9 Å². The molecule has 0 saturated heterocycles. The van der Waals surface area contributed by atoms with Crippen molar-refractivity contribution in [3.63, 3.8) is 0 Å². The molecule has 14 heteroatoms. The van der Waals surface area contributed by atoms with Gasteiger partial charge in [-0.1, -0.05) is 0 Å². The van der Waals surface area contributed by atoms with Crippen LogP contribution in [0.5, 0.6) is 17.2 Å². The Kier molecular flexibility index (Phi) is 10.6. The monoisotopic (exact) mass is 598 g/mol. The normalized spacial score (nSPS) is 12.6. The maximum Gasteiger partial charge on any atom is 0.336 e. The van der Waals surface area contributed by atoms with E-state index in [4.69, 9.17) is 18.5 Å². The van der Waals surface area contributed by atoms with Crippen molar-refractivity contribution in [3.05, 3.63) is 59.1 Å². The molecule has 2 N–H and O–H groups in total. The number of sulfone groups is 1. The van der Waals surface area contributed by atoms with E-state index in [2.05, 4.69) is 10.3 Å². The van der Waals surface area contributed by atoms with E-state index in [-0.39, 0.29) is 53.1 Å². The molecule has 0 aliphatic carbocycles. The van der Waals surface area contributed by atoms with E-state index in [1.54, 1.807) is 32.2 Å². The van der Waals surface area contributed by atoms with Crippen molar-refractivity contribution >= 4 is 39.8 Å². The minimum Gasteiger partial charge on any atom is -0.488 e. The second-order valence-electron chi connectivity index (χ2n) is 8.35. The number of hydrogen-bond donors (Lipinski definition) is 2. The maximum absolute atomic E-state index is 13.1. The van der Waals surface area contributed by atoms with E-state index < -0.39 is 29.4 Å². The Morgan fingerprint density at radius 1 is 1.08 bits per heavy atom. The summed E-state index contributed by atoms with van der Waals surface area (Å²) in [6.45, 7) is 5.32. The highest BCUT2D eigenvalue weighted by atomic mass is 32.2. The summed E-state index contributed by atoms with van der Waals surface area (Å²) < 4.78 is 58.4. The first-order chi connectivity index (χ1) is 18.4. The van der Waals surface area contributed by atoms with Gasteiger partial charge in [0.25, 0.3) is 5.91 Å². The Bertz CT molecular complexity index is 1420. The SMILES string of the molecule is CCOP(=O)(Cc1csc(NC(=O)c2cc(Oc3ccc(S(C)(=O)=O)cc3)cc(O[C@@H](C)CO)c2)n1)OCC. The average Bonchev–Trinajstić information content (AvgIpc) is 3.29. The van der Waals surface area contributed by atoms with Gasteiger partial charge in [-0.15, -0.1) is 11.3 Å². The van der Waals surface area contributed by atoms with Crippen LogP contribution in [0.15, 0.2) is 52.7 Å². The van der Waals surface area contributed by atoms with Crippen LogP contribution in [0.4, 0.5) is 5.13 Å². The summed E-state index contributed by atoms with van der Waals surface area (Å²) in [6.07, 6.45) is 0.538. The molecule has 0 aliphatic rings. The first kappa shape index (κ1) is 30.7. The highest BCUT2D eigenvalue weighted by Crippen LogP contribution is 2.51. The van der Waals surface area contributed by atoms with E-state index in [1.807, 2.05) is 0 Å². The van der Waals surface area contributed by atoms with Gasteiger partial charge in [0, 0.05) is 23.3 Å². The van der Waals surface area contributed by atoms with Gasteiger partial charge in [-0.3, -0.25) is 14.7 Å². The number of thiazole rings is 1. The minimum atomic E-state index is -3.36. The smallest absolute Gasteiger partial charge is 0.336 e. The molecular formula is C25H31N2O9PS2. The lowest BCUT2D eigenvalue weighted by atomic mass is 10.2. The molecule has 0 spiro atoms. The fourth-order valence-corrected chi connectivity index (χ4v) is 6.38. The molecule has 1 heterocycles. The molecule has 0 saturated carbocycles. The lowest BCUT2D eigenvalue weighted by Crippen LogP contribution is -2.17. The molecule has 1 amide bonds. The molecule has 3 aromatic rings. The standard InChI is InChI=1S/C25H31N2O9PS2/c1-5-33-37(30,34-6-2)15-19-16-38-25(26-19)27-24(29)18-11-21(35-17(3)14-28)13-22(12-18)36-20-7-9-23(10-8-20)39(4,31)32/h7-13,16-17,28H,5-6,14-15H2,1-4H3,(H,26,27,29)/t17-/m0/s1. The topological polar surface area (TPSA) is 150 Å². The number of rotatable bonds is 14. The first-order valence-corrected chi connectivity index (χ1v) is 16.5. The number of aliphatic hydroxyl groups is 1. The zero-order valence-electron chi connectivity index (χ0n) is 21.9. The Balaban J connectivity index is 1.81. The van der Waals surface area contributed by atoms with Crippen LogP contribution in [0.3, 0.4) is 0 Å². The molecule has 2 aromatic carbocycles. The van der Waals surface area contributed by atoms with Crippen molar-refractivity contribution < 1.29 is 41.4 Å². The van der Waals surface area contributed by atoms with Gasteiger partial charge in [-0.25, -0.2) is 13.4 Å². The number of carbonyl (C=O) groups excluding carboxylic acids is 1. The summed E-state index contributed by atoms with van der Waals surface area (Å²) in [5.74, 6) is 0.372. The number of amides is 1. The number of aliphatic hydroxyl groups excluding tert-OH is 1. The van der Waals surface area contributed by atoms with Crippen LogP contribution < -0.4 is 14.8 Å². The van der Waals surface area contributed by atoms with Gasteiger partial charge in [-0.2, -0.15) is 0 Å². The Labute approximate surface area is 231 Å². The zero-order chi connectivity index (χ0) is 28.6. The molecule has 1 aromatic heterocycles. The maximum atomic E-state index is 13.1. The van der Waals surface area contributed by atoms with Gasteiger partial charge in [0.05, 0.1) is 36.6 Å². The fourth-order valence-electron chi connectivity index (χ4n) is 3.32. The lowest BCUT2D eigenvalue weighted by molar-refractivity contribution is 0.102. The Morgan fingerprint density at radius 2 is 1.72 bits per heavy atom. The van der Waals surface area contributed by atoms with Crippen molar-refractivity contribution in [1.82, 2.24) is 4.98 Å². The van der Waals surface area contributed by atoms with Crippen molar-refractivity contribution in [2.45, 2.75) is 37.9 Å². The number of anilines is 1. The highest BCUT2D eigenvalue weighted by Gasteiger charge is 2.26. The third-order valence-corrected chi connectivity index (χ3v) is 8.95. The van der Waals surface area contributed by atoms with Gasteiger partial charge in [0.1, 0.15) is 23.4 Å². The second-order valence-corrected chi connectivity index (χ2v) is 13.3. The molecule has 39 heavy (non-hydrogen) atoms. The number of nitrogens with one attached hydrogen (secondary N) is 1. The predicted molar refractivity (Wildman–Crippen MR) is 148 cm³/mol. The Morgan fingerprint density at radius 3 is 2.31 bits per heavy atom. The van der Waals surface area contributed by atoms with Gasteiger partial charge < -0.3 is 23.6 Å². The van der Waals surface area contributed by atoms with Crippen LogP contribution in [-0.2, 0) is 29.6 Å². The number of hydrogen-bond acceptors (Lipinski definition) is 11. The van der Waals surface area contributed by atoms with Crippen LogP contribution in [0.25, 0.3) is 0 Å². The molecule has 11 nitrogen and oxygen atoms in total. The summed E-state index contributed by atoms with van der Waals surface area (Å²) in [7, 11) is -6.72. The third-order valence-electron chi connectivity index (χ3n) is 5.00. The summed E-state index contributed by atoms with van der Waals surface area (Å²) >= 11 is 1.16. The van der Waals surface area contributed by atoms with Crippen LogP contribution in [0.2, 0.25) is 0 Å². The summed E-state index contributed by atoms with van der Waals surface area (Å²) in [5, 5.41) is 14.0. The van der Waals surface area contributed by atoms with Crippen molar-refractivity contribution in [2.24, 2.45) is 0 Å². The fraction of sp³-hybridized carbons (Fsp3) is 0.360. The highest BCUT2D eigenvalue weighted by molar-refractivity contribution is 7.90. The van der Waals surface area contributed by atoms with E-state index in [0.717, 1.165) is 17.6 Å². The van der Waals surface area contributed by atoms with Crippen molar-refractivity contribution in [1.29, 1.82) is 0 Å². The Hall–Kier alpha value is -2.80. The van der Waals surface area contributed by atoms with Crippen LogP contribution in [0.1, 0.15) is 36.8 Å². The molecule has 0 aliphatic heterocycles. The molecule has 0 unspecified atom stereocenters. The number of aromatic nitrogens is 1. The number of ether oxygens (including phenoxy) is 2. The van der Waals surface area contributed by atoms with Crippen molar-refractivity contribution in [3.8, 4) is 17.2 Å². The van der Waals surface area contributed by atoms with E-state index in [9.17, 15) is 22.9 Å². The zero-order valence-corrected chi connectivity index (χ0v) is 24.5. The molecule has 0 bridgehead atoms. The number of nitrogens with zero attached hydrogens (tertiary/aromatic N) is 1. The molecule has 3 rings (SSSR count). The van der Waals surface area contributed by atoms with E-state index in [0.29, 0.717) is 11.4 Å². The molecule has 0 radical (unpaired) electrons. The summed E-state index contributed by atoms with van der Waals surface area (Å²) in [5.41, 5.74) is 0.641. The quantitative estimate of drug-likeness (QED) is 0.239. The molecular weight excluding hydrogens is 567 g/mol. The number of benzene rings is 2. The average molecular weight is 599 g/mol. The van der Waals surface area contributed by atoms with Crippen LogP contribution in [0, 0.1) is 0 Å². The molecule has 0 fully saturated rings. The largest absolute Gasteiger partial charge is 0.488 e. The minimum absolute atomic E-state index is 0.0282. The second kappa shape index (κ2) is 13.5. The van der Waals surface area contributed by atoms with Crippen LogP contribution in [-0.4, -0.2) is 56.6 Å². The third kappa shape index (κ3) is 9.13. The summed E-state index contributed by atoms with van der Waals surface area (Å²) in [6, 6.07) is 10.4. The van der Waals surface area contributed by atoms with Gasteiger partial charge in [0.2, 0.25) is 0 Å². The van der Waals surface area contributed by atoms with E-state index >= 15 is 0 Å².